The molecule has 2 unspecified atom stereocenters. The Kier molecular flexibility index (Phi) is 6.30. The molecule has 0 amide bonds. The number of nitrogens with zero attached hydrogens (tertiary/aromatic N) is 3. The highest BCUT2D eigenvalue weighted by atomic mass is 16.7. The van der Waals surface area contributed by atoms with Crippen LogP contribution in [0.1, 0.15) is 71.4 Å². The quantitative estimate of drug-likeness (QED) is 0.705. The lowest BCUT2D eigenvalue weighted by Crippen LogP contribution is -2.25. The van der Waals surface area contributed by atoms with Gasteiger partial charge in [0.1, 0.15) is 12.0 Å². The van der Waals surface area contributed by atoms with E-state index in [9.17, 15) is 0 Å². The number of hydrogen-bond donors (Lipinski definition) is 0. The summed E-state index contributed by atoms with van der Waals surface area (Å²) < 4.78 is 13.9. The van der Waals surface area contributed by atoms with Crippen LogP contribution in [0.4, 0.5) is 0 Å². The molecule has 2 atom stereocenters. The SMILES string of the molecule is CC(COC1CCCCO1)n1cc(CCCC(C)(C)C)c2cncnc21. The highest BCUT2D eigenvalue weighted by Crippen LogP contribution is 2.27. The minimum Gasteiger partial charge on any atom is -0.353 e. The van der Waals surface area contributed by atoms with Gasteiger partial charge in [0.25, 0.3) is 0 Å². The maximum Gasteiger partial charge on any atom is 0.157 e. The van der Waals surface area contributed by atoms with Crippen LogP contribution in [0.3, 0.4) is 0 Å². The van der Waals surface area contributed by atoms with Gasteiger partial charge in [-0.25, -0.2) is 9.97 Å². The first-order valence-electron chi connectivity index (χ1n) is 9.97. The lowest BCUT2D eigenvalue weighted by molar-refractivity contribution is -0.166. The second-order valence-corrected chi connectivity index (χ2v) is 8.71. The van der Waals surface area contributed by atoms with E-state index >= 15 is 0 Å². The first-order chi connectivity index (χ1) is 12.4. The summed E-state index contributed by atoms with van der Waals surface area (Å²) in [4.78, 5) is 8.79. The first-order valence-corrected chi connectivity index (χ1v) is 9.97. The number of hydrogen-bond acceptors (Lipinski definition) is 4. The summed E-state index contributed by atoms with van der Waals surface area (Å²) in [6.45, 7) is 10.5. The largest absolute Gasteiger partial charge is 0.353 e. The summed E-state index contributed by atoms with van der Waals surface area (Å²) in [7, 11) is 0. The predicted molar refractivity (Wildman–Crippen MR) is 104 cm³/mol. The molecule has 0 spiro atoms. The maximum atomic E-state index is 6.00. The van der Waals surface area contributed by atoms with Crippen LogP contribution in [-0.4, -0.2) is 34.0 Å². The van der Waals surface area contributed by atoms with Gasteiger partial charge in [-0.2, -0.15) is 0 Å². The Balaban J connectivity index is 1.68. The second-order valence-electron chi connectivity index (χ2n) is 8.71. The molecule has 5 heteroatoms. The van der Waals surface area contributed by atoms with E-state index in [1.165, 1.54) is 30.2 Å². The zero-order valence-electron chi connectivity index (χ0n) is 16.7. The number of rotatable bonds is 7. The summed E-state index contributed by atoms with van der Waals surface area (Å²) >= 11 is 0. The average molecular weight is 360 g/mol. The third kappa shape index (κ3) is 5.04. The van der Waals surface area contributed by atoms with Crippen molar-refractivity contribution in [1.29, 1.82) is 0 Å². The van der Waals surface area contributed by atoms with Crippen molar-refractivity contribution in [3.8, 4) is 0 Å². The fraction of sp³-hybridized carbons (Fsp3) is 0.714. The van der Waals surface area contributed by atoms with E-state index in [2.05, 4.69) is 48.4 Å². The van der Waals surface area contributed by atoms with Crippen molar-refractivity contribution in [2.24, 2.45) is 5.41 Å². The molecule has 0 radical (unpaired) electrons. The van der Waals surface area contributed by atoms with Crippen LogP contribution >= 0.6 is 0 Å². The minimum absolute atomic E-state index is 0.0473. The van der Waals surface area contributed by atoms with Gasteiger partial charge in [-0.3, -0.25) is 0 Å². The molecule has 3 heterocycles. The van der Waals surface area contributed by atoms with E-state index in [1.807, 2.05) is 6.20 Å². The molecule has 0 saturated carbocycles. The van der Waals surface area contributed by atoms with Crippen LogP contribution in [0.15, 0.2) is 18.7 Å². The molecule has 26 heavy (non-hydrogen) atoms. The number of aryl methyl sites for hydroxylation is 1. The lowest BCUT2D eigenvalue weighted by Gasteiger charge is -2.24. The van der Waals surface area contributed by atoms with Crippen LogP contribution in [0.5, 0.6) is 0 Å². The van der Waals surface area contributed by atoms with Gasteiger partial charge < -0.3 is 14.0 Å². The third-order valence-electron chi connectivity index (χ3n) is 5.09. The van der Waals surface area contributed by atoms with Crippen molar-refractivity contribution in [3.63, 3.8) is 0 Å². The predicted octanol–water partition coefficient (Wildman–Crippen LogP) is 4.90. The Morgan fingerprint density at radius 1 is 1.35 bits per heavy atom. The van der Waals surface area contributed by atoms with Gasteiger partial charge >= 0.3 is 0 Å². The summed E-state index contributed by atoms with van der Waals surface area (Å²) in [5.41, 5.74) is 2.72. The third-order valence-corrected chi connectivity index (χ3v) is 5.09. The van der Waals surface area contributed by atoms with E-state index in [0.717, 1.165) is 31.5 Å². The number of aromatic nitrogens is 3. The van der Waals surface area contributed by atoms with Crippen LogP contribution in [0, 0.1) is 5.41 Å². The molecular formula is C21H33N3O2. The Hall–Kier alpha value is -1.46. The summed E-state index contributed by atoms with van der Waals surface area (Å²) in [6.07, 6.45) is 12.6. The van der Waals surface area contributed by atoms with Gasteiger partial charge in [-0.05, 0) is 56.4 Å². The van der Waals surface area contributed by atoms with Crippen molar-refractivity contribution in [2.75, 3.05) is 13.2 Å². The summed E-state index contributed by atoms with van der Waals surface area (Å²) in [6, 6.07) is 0.217. The van der Waals surface area contributed by atoms with Crippen LogP contribution < -0.4 is 0 Å². The molecule has 0 aromatic carbocycles. The summed E-state index contributed by atoms with van der Waals surface area (Å²) in [5.74, 6) is 0. The Morgan fingerprint density at radius 3 is 2.92 bits per heavy atom. The number of ether oxygens (including phenoxy) is 2. The van der Waals surface area contributed by atoms with E-state index < -0.39 is 0 Å². The van der Waals surface area contributed by atoms with Crippen molar-refractivity contribution in [2.45, 2.75) is 78.6 Å². The van der Waals surface area contributed by atoms with E-state index in [0.29, 0.717) is 12.0 Å². The zero-order chi connectivity index (χ0) is 18.6. The van der Waals surface area contributed by atoms with E-state index in [4.69, 9.17) is 9.47 Å². The Morgan fingerprint density at radius 2 is 2.19 bits per heavy atom. The van der Waals surface area contributed by atoms with Crippen molar-refractivity contribution in [1.82, 2.24) is 14.5 Å². The average Bonchev–Trinajstić information content (AvgIpc) is 2.99. The molecule has 0 aliphatic carbocycles. The molecule has 3 rings (SSSR count). The van der Waals surface area contributed by atoms with Gasteiger partial charge in [-0.15, -0.1) is 0 Å². The summed E-state index contributed by atoms with van der Waals surface area (Å²) in [5, 5.41) is 1.17. The fourth-order valence-electron chi connectivity index (χ4n) is 3.57. The standard InChI is InChI=1S/C21H33N3O2/c1-16(14-26-19-9-5-6-11-25-19)24-13-17(8-7-10-21(2,3)4)18-12-22-15-23-20(18)24/h12-13,15-16,19H,5-11,14H2,1-4H3. The molecule has 1 aliphatic rings. The molecule has 2 aromatic rings. The van der Waals surface area contributed by atoms with Crippen LogP contribution in [0.25, 0.3) is 11.0 Å². The molecule has 144 valence electrons. The van der Waals surface area contributed by atoms with Crippen molar-refractivity contribution < 1.29 is 9.47 Å². The molecule has 1 aliphatic heterocycles. The Labute approximate surface area is 157 Å². The minimum atomic E-state index is -0.0473. The van der Waals surface area contributed by atoms with Crippen molar-refractivity contribution in [3.05, 3.63) is 24.3 Å². The Bertz CT molecular complexity index is 699. The molecule has 5 nitrogen and oxygen atoms in total. The molecule has 1 saturated heterocycles. The van der Waals surface area contributed by atoms with Crippen LogP contribution in [0.2, 0.25) is 0 Å². The maximum absolute atomic E-state index is 6.00. The molecular weight excluding hydrogens is 326 g/mol. The highest BCUT2D eigenvalue weighted by Gasteiger charge is 2.19. The monoisotopic (exact) mass is 359 g/mol. The smallest absolute Gasteiger partial charge is 0.157 e. The topological polar surface area (TPSA) is 49.2 Å². The lowest BCUT2D eigenvalue weighted by atomic mass is 9.89. The van der Waals surface area contributed by atoms with Gasteiger partial charge in [0.05, 0.1) is 12.6 Å². The molecule has 0 bridgehead atoms. The van der Waals surface area contributed by atoms with Gasteiger partial charge in [0.15, 0.2) is 6.29 Å². The number of fused-ring (bicyclic) bond motifs is 1. The second kappa shape index (κ2) is 8.49. The van der Waals surface area contributed by atoms with Gasteiger partial charge in [0, 0.05) is 24.4 Å². The van der Waals surface area contributed by atoms with E-state index in [1.54, 1.807) is 6.33 Å². The first kappa shape index (κ1) is 19.3. The fourth-order valence-corrected chi connectivity index (χ4v) is 3.57. The molecule has 1 fully saturated rings. The van der Waals surface area contributed by atoms with E-state index in [-0.39, 0.29) is 12.3 Å². The van der Waals surface area contributed by atoms with Crippen LogP contribution in [-0.2, 0) is 15.9 Å². The normalized spacial score (nSPS) is 19.8. The van der Waals surface area contributed by atoms with Gasteiger partial charge in [0.2, 0.25) is 0 Å². The molecule has 0 N–H and O–H groups in total. The highest BCUT2D eigenvalue weighted by molar-refractivity contribution is 5.79. The van der Waals surface area contributed by atoms with Crippen molar-refractivity contribution >= 4 is 11.0 Å². The zero-order valence-corrected chi connectivity index (χ0v) is 16.7. The molecule has 2 aromatic heterocycles. The van der Waals surface area contributed by atoms with Gasteiger partial charge in [-0.1, -0.05) is 20.8 Å².